The van der Waals surface area contributed by atoms with Crippen molar-refractivity contribution in [2.24, 2.45) is 0 Å². The Labute approximate surface area is 186 Å². The van der Waals surface area contributed by atoms with Crippen LogP contribution in [-0.4, -0.2) is 46.8 Å². The number of ether oxygens (including phenoxy) is 3. The second kappa shape index (κ2) is 9.51. The van der Waals surface area contributed by atoms with E-state index in [-0.39, 0.29) is 35.8 Å². The molecule has 0 amide bonds. The highest BCUT2D eigenvalue weighted by Gasteiger charge is 2.32. The molecule has 3 heterocycles. The van der Waals surface area contributed by atoms with Crippen molar-refractivity contribution < 1.29 is 28.3 Å². The van der Waals surface area contributed by atoms with E-state index < -0.39 is 16.7 Å². The van der Waals surface area contributed by atoms with E-state index in [2.05, 4.69) is 9.97 Å². The maximum atomic E-state index is 11.9. The third-order valence-electron chi connectivity index (χ3n) is 5.02. The molecule has 12 heteroatoms. The summed E-state index contributed by atoms with van der Waals surface area (Å²) in [6.07, 6.45) is 1.06. The summed E-state index contributed by atoms with van der Waals surface area (Å²) < 4.78 is 20.8. The highest BCUT2D eigenvalue weighted by Crippen LogP contribution is 2.37. The van der Waals surface area contributed by atoms with Crippen molar-refractivity contribution in [1.82, 2.24) is 9.97 Å². The Balaban J connectivity index is 1.54. The molecule has 0 aliphatic carbocycles. The highest BCUT2D eigenvalue weighted by molar-refractivity contribution is 5.78. The normalized spacial score (nSPS) is 14.2. The predicted octanol–water partition coefficient (Wildman–Crippen LogP) is 3.43. The van der Waals surface area contributed by atoms with Crippen LogP contribution in [0.4, 0.5) is 16.3 Å². The van der Waals surface area contributed by atoms with Crippen LogP contribution in [0.25, 0.3) is 11.0 Å². The average Bonchev–Trinajstić information content (AvgIpc) is 2.79. The largest absolute Gasteiger partial charge is 0.508 e. The summed E-state index contributed by atoms with van der Waals surface area (Å²) in [4.78, 5) is 44.0. The van der Waals surface area contributed by atoms with Gasteiger partial charge in [-0.25, -0.2) is 14.6 Å². The summed E-state index contributed by atoms with van der Waals surface area (Å²) in [5.74, 6) is 0.184. The minimum atomic E-state index is -0.727. The van der Waals surface area contributed by atoms with Crippen LogP contribution in [0.15, 0.2) is 45.9 Å². The van der Waals surface area contributed by atoms with Crippen molar-refractivity contribution in [2.45, 2.75) is 25.9 Å². The third-order valence-corrected chi connectivity index (χ3v) is 5.02. The third kappa shape index (κ3) is 5.00. The second-order valence-corrected chi connectivity index (χ2v) is 7.15. The maximum absolute atomic E-state index is 11.9. The van der Waals surface area contributed by atoms with Gasteiger partial charge in [-0.05, 0) is 31.2 Å². The van der Waals surface area contributed by atoms with E-state index in [0.717, 1.165) is 0 Å². The smallest absolute Gasteiger partial charge is 0.435 e. The Morgan fingerprint density at radius 1 is 1.24 bits per heavy atom. The van der Waals surface area contributed by atoms with E-state index in [1.54, 1.807) is 24.0 Å². The molecule has 12 nitrogen and oxygen atoms in total. The number of piperidine rings is 1. The Morgan fingerprint density at radius 3 is 2.76 bits per heavy atom. The zero-order chi connectivity index (χ0) is 23.4. The minimum Gasteiger partial charge on any atom is -0.435 e. The summed E-state index contributed by atoms with van der Waals surface area (Å²) >= 11 is 0. The Kier molecular flexibility index (Phi) is 6.33. The molecule has 1 aliphatic heterocycles. The van der Waals surface area contributed by atoms with Crippen molar-refractivity contribution in [2.75, 3.05) is 24.6 Å². The molecule has 0 atom stereocenters. The number of rotatable bonds is 6. The van der Waals surface area contributed by atoms with E-state index >= 15 is 0 Å². The Hall–Kier alpha value is -4.22. The van der Waals surface area contributed by atoms with Gasteiger partial charge in [0.2, 0.25) is 5.82 Å². The topological polar surface area (TPSA) is 147 Å². The fourth-order valence-electron chi connectivity index (χ4n) is 3.52. The number of aromatic nitrogens is 2. The van der Waals surface area contributed by atoms with Gasteiger partial charge in [-0.1, -0.05) is 0 Å². The number of fused-ring (bicyclic) bond motifs is 1. The zero-order valence-electron chi connectivity index (χ0n) is 17.6. The average molecular weight is 456 g/mol. The van der Waals surface area contributed by atoms with Crippen LogP contribution >= 0.6 is 0 Å². The molecule has 0 saturated carbocycles. The van der Waals surface area contributed by atoms with E-state index in [1.807, 2.05) is 0 Å². The molecule has 0 spiro atoms. The van der Waals surface area contributed by atoms with Crippen molar-refractivity contribution in [3.63, 3.8) is 0 Å². The molecule has 33 heavy (non-hydrogen) atoms. The van der Waals surface area contributed by atoms with Crippen LogP contribution in [0, 0.1) is 10.1 Å². The predicted molar refractivity (Wildman–Crippen MR) is 115 cm³/mol. The lowest BCUT2D eigenvalue weighted by molar-refractivity contribution is -0.385. The number of nitro groups is 1. The van der Waals surface area contributed by atoms with Gasteiger partial charge in [0, 0.05) is 37.4 Å². The van der Waals surface area contributed by atoms with Crippen molar-refractivity contribution >= 4 is 28.6 Å². The molecular weight excluding hydrogens is 436 g/mol. The number of nitrogens with zero attached hydrogens (tertiary/aromatic N) is 4. The summed E-state index contributed by atoms with van der Waals surface area (Å²) in [7, 11) is 0. The summed E-state index contributed by atoms with van der Waals surface area (Å²) in [6.45, 7) is 2.68. The van der Waals surface area contributed by atoms with Gasteiger partial charge in [-0.3, -0.25) is 10.1 Å². The molecule has 172 valence electrons. The molecule has 4 rings (SSSR count). The van der Waals surface area contributed by atoms with Gasteiger partial charge in [-0.2, -0.15) is 4.98 Å². The highest BCUT2D eigenvalue weighted by atomic mass is 16.7. The van der Waals surface area contributed by atoms with Crippen molar-refractivity contribution in [1.29, 1.82) is 0 Å². The summed E-state index contributed by atoms with van der Waals surface area (Å²) in [5.41, 5.74) is -0.494. The number of hydrogen-bond donors (Lipinski definition) is 0. The molecule has 0 bridgehead atoms. The molecule has 1 fully saturated rings. The monoisotopic (exact) mass is 456 g/mol. The van der Waals surface area contributed by atoms with E-state index in [0.29, 0.717) is 36.9 Å². The Morgan fingerprint density at radius 2 is 2.03 bits per heavy atom. The first kappa shape index (κ1) is 22.0. The SMILES string of the molecule is CCOC(=O)OC1CCN(c2ncnc(Oc3ccc4oc(=O)ccc4c3)c2[N+](=O)[O-])CC1. The second-order valence-electron chi connectivity index (χ2n) is 7.15. The molecule has 1 aromatic carbocycles. The van der Waals surface area contributed by atoms with Gasteiger partial charge >= 0.3 is 23.3 Å². The standard InChI is InChI=1S/C21H20N4O8/c1-2-30-21(27)32-14-7-9-24(10-8-14)19-18(25(28)29)20(23-12-22-19)31-15-4-5-16-13(11-15)3-6-17(26)33-16/h3-6,11-12,14H,2,7-10H2,1H3. The van der Waals surface area contributed by atoms with Crippen molar-refractivity contribution in [3.05, 3.63) is 57.2 Å². The number of hydrogen-bond acceptors (Lipinski definition) is 11. The van der Waals surface area contributed by atoms with Crippen LogP contribution in [0.1, 0.15) is 19.8 Å². The van der Waals surface area contributed by atoms with Gasteiger partial charge in [0.25, 0.3) is 0 Å². The molecule has 3 aromatic rings. The van der Waals surface area contributed by atoms with Gasteiger partial charge in [0.1, 0.15) is 23.8 Å². The first-order chi connectivity index (χ1) is 15.9. The first-order valence-corrected chi connectivity index (χ1v) is 10.2. The quantitative estimate of drug-likeness (QED) is 0.232. The van der Waals surface area contributed by atoms with Gasteiger partial charge in [-0.15, -0.1) is 0 Å². The fourth-order valence-corrected chi connectivity index (χ4v) is 3.52. The van der Waals surface area contributed by atoms with E-state index in [1.165, 1.54) is 24.5 Å². The number of anilines is 1. The van der Waals surface area contributed by atoms with E-state index in [4.69, 9.17) is 18.6 Å². The van der Waals surface area contributed by atoms with Crippen LogP contribution in [-0.2, 0) is 9.47 Å². The molecule has 0 N–H and O–H groups in total. The van der Waals surface area contributed by atoms with Crippen molar-refractivity contribution in [3.8, 4) is 11.6 Å². The summed E-state index contributed by atoms with van der Waals surface area (Å²) in [5, 5.41) is 12.5. The lowest BCUT2D eigenvalue weighted by Gasteiger charge is -2.31. The molecular formula is C21H20N4O8. The molecule has 1 saturated heterocycles. The lowest BCUT2D eigenvalue weighted by atomic mass is 10.1. The van der Waals surface area contributed by atoms with Crippen LogP contribution in [0.5, 0.6) is 11.6 Å². The van der Waals surface area contributed by atoms with Gasteiger partial charge in [0.15, 0.2) is 0 Å². The van der Waals surface area contributed by atoms with Crippen LogP contribution in [0.2, 0.25) is 0 Å². The van der Waals surface area contributed by atoms with Crippen LogP contribution in [0.3, 0.4) is 0 Å². The maximum Gasteiger partial charge on any atom is 0.508 e. The minimum absolute atomic E-state index is 0.117. The molecule has 0 unspecified atom stereocenters. The molecule has 2 aromatic heterocycles. The molecule has 1 aliphatic rings. The van der Waals surface area contributed by atoms with Gasteiger partial charge < -0.3 is 23.5 Å². The van der Waals surface area contributed by atoms with E-state index in [9.17, 15) is 19.7 Å². The zero-order valence-corrected chi connectivity index (χ0v) is 17.6. The summed E-state index contributed by atoms with van der Waals surface area (Å²) in [6, 6.07) is 7.48. The first-order valence-electron chi connectivity index (χ1n) is 10.2. The number of carbonyl (C=O) groups is 1. The lowest BCUT2D eigenvalue weighted by Crippen LogP contribution is -2.38. The number of carbonyl (C=O) groups excluding carboxylic acids is 1. The fraction of sp³-hybridized carbons (Fsp3) is 0.333. The van der Waals surface area contributed by atoms with Crippen LogP contribution < -0.4 is 15.3 Å². The van der Waals surface area contributed by atoms with Gasteiger partial charge in [0.05, 0.1) is 11.5 Å². The number of benzene rings is 1. The Bertz CT molecular complexity index is 1240. The molecule has 0 radical (unpaired) electrons.